The van der Waals surface area contributed by atoms with Crippen LogP contribution in [0.25, 0.3) is 0 Å². The molecule has 6 atom stereocenters. The Bertz CT molecular complexity index is 386. The van der Waals surface area contributed by atoms with E-state index >= 15 is 0 Å². The van der Waals surface area contributed by atoms with E-state index in [1.165, 1.54) is 0 Å². The topological polar surface area (TPSA) is 74.6 Å². The Morgan fingerprint density at radius 2 is 1.69 bits per heavy atom. The van der Waals surface area contributed by atoms with Crippen molar-refractivity contribution < 1.29 is 19.8 Å². The number of carbonyl (C=O) groups is 2. The van der Waals surface area contributed by atoms with E-state index in [-0.39, 0.29) is 11.8 Å². The highest BCUT2D eigenvalue weighted by molar-refractivity contribution is 5.81. The molecule has 0 aromatic heterocycles. The third kappa shape index (κ3) is 1.10. The van der Waals surface area contributed by atoms with Crippen LogP contribution in [0.3, 0.4) is 0 Å². The summed E-state index contributed by atoms with van der Waals surface area (Å²) in [5.74, 6) is -2.14. The summed E-state index contributed by atoms with van der Waals surface area (Å²) in [5, 5.41) is 18.3. The maximum Gasteiger partial charge on any atom is 0.307 e. The molecule has 0 amide bonds. The van der Waals surface area contributed by atoms with Gasteiger partial charge in [-0.3, -0.25) is 9.59 Å². The highest BCUT2D eigenvalue weighted by Gasteiger charge is 2.59. The molecule has 0 saturated heterocycles. The van der Waals surface area contributed by atoms with Crippen LogP contribution in [-0.4, -0.2) is 22.2 Å². The molecule has 0 radical (unpaired) electrons. The molecular weight excluding hydrogens is 208 g/mol. The summed E-state index contributed by atoms with van der Waals surface area (Å²) in [6.45, 7) is 0. The van der Waals surface area contributed by atoms with Gasteiger partial charge in [0.15, 0.2) is 0 Å². The summed E-state index contributed by atoms with van der Waals surface area (Å²) >= 11 is 0. The Kier molecular flexibility index (Phi) is 1.91. The summed E-state index contributed by atoms with van der Waals surface area (Å²) < 4.78 is 0. The molecule has 0 aliphatic heterocycles. The van der Waals surface area contributed by atoms with Crippen LogP contribution in [0.1, 0.15) is 12.8 Å². The Morgan fingerprint density at radius 3 is 2.31 bits per heavy atom. The largest absolute Gasteiger partial charge is 0.481 e. The van der Waals surface area contributed by atoms with Gasteiger partial charge in [-0.25, -0.2) is 0 Å². The molecule has 0 aromatic carbocycles. The van der Waals surface area contributed by atoms with Crippen molar-refractivity contribution in [3.63, 3.8) is 0 Å². The minimum atomic E-state index is -0.943. The molecule has 3 aliphatic carbocycles. The van der Waals surface area contributed by atoms with Gasteiger partial charge in [0.05, 0.1) is 11.8 Å². The normalized spacial score (nSPS) is 48.2. The van der Waals surface area contributed by atoms with E-state index in [1.807, 2.05) is 0 Å². The second kappa shape index (κ2) is 3.09. The van der Waals surface area contributed by atoms with Gasteiger partial charge in [-0.1, -0.05) is 12.2 Å². The van der Waals surface area contributed by atoms with Gasteiger partial charge >= 0.3 is 11.9 Å². The predicted molar refractivity (Wildman–Crippen MR) is 54.6 cm³/mol. The lowest BCUT2D eigenvalue weighted by atomic mass is 9.80. The van der Waals surface area contributed by atoms with Gasteiger partial charge in [-0.2, -0.15) is 0 Å². The fraction of sp³-hybridized carbons (Fsp3) is 0.667. The van der Waals surface area contributed by atoms with E-state index in [0.717, 1.165) is 6.42 Å². The highest BCUT2D eigenvalue weighted by atomic mass is 16.4. The molecule has 0 heterocycles. The lowest BCUT2D eigenvalue weighted by molar-refractivity contribution is -0.153. The smallest absolute Gasteiger partial charge is 0.307 e. The summed E-state index contributed by atoms with van der Waals surface area (Å²) in [5.41, 5.74) is 0. The van der Waals surface area contributed by atoms with Gasteiger partial charge in [0.1, 0.15) is 0 Å². The lowest BCUT2D eigenvalue weighted by Gasteiger charge is -2.23. The molecule has 6 unspecified atom stereocenters. The van der Waals surface area contributed by atoms with Crippen LogP contribution in [-0.2, 0) is 9.59 Å². The second-order valence-corrected chi connectivity index (χ2v) is 5.23. The molecule has 0 spiro atoms. The summed E-state index contributed by atoms with van der Waals surface area (Å²) in [6, 6.07) is 0. The maximum absolute atomic E-state index is 11.2. The lowest BCUT2D eigenvalue weighted by Crippen LogP contribution is -2.31. The molecule has 86 valence electrons. The molecule has 3 aliphatic rings. The van der Waals surface area contributed by atoms with Gasteiger partial charge in [0.25, 0.3) is 0 Å². The van der Waals surface area contributed by atoms with Gasteiger partial charge in [0, 0.05) is 0 Å². The predicted octanol–water partition coefficient (Wildman–Crippen LogP) is 1.23. The van der Waals surface area contributed by atoms with Crippen molar-refractivity contribution in [2.24, 2.45) is 35.5 Å². The Balaban J connectivity index is 1.95. The fourth-order valence-electron chi connectivity index (χ4n) is 4.13. The first-order chi connectivity index (χ1) is 7.59. The van der Waals surface area contributed by atoms with Crippen molar-refractivity contribution >= 4 is 11.9 Å². The van der Waals surface area contributed by atoms with Crippen LogP contribution in [0.15, 0.2) is 12.2 Å². The van der Waals surface area contributed by atoms with Gasteiger partial charge in [-0.05, 0) is 36.5 Å². The monoisotopic (exact) mass is 222 g/mol. The van der Waals surface area contributed by atoms with Crippen LogP contribution in [0.4, 0.5) is 0 Å². The van der Waals surface area contributed by atoms with E-state index in [1.54, 1.807) is 0 Å². The molecule has 2 N–H and O–H groups in total. The third-order valence-corrected chi connectivity index (χ3v) is 4.67. The van der Waals surface area contributed by atoms with E-state index in [4.69, 9.17) is 5.11 Å². The average Bonchev–Trinajstić information content (AvgIpc) is 2.87. The van der Waals surface area contributed by atoms with E-state index in [0.29, 0.717) is 18.3 Å². The molecule has 2 saturated carbocycles. The number of hydrogen-bond acceptors (Lipinski definition) is 2. The molecule has 2 fully saturated rings. The molecule has 3 rings (SSSR count). The summed E-state index contributed by atoms with van der Waals surface area (Å²) in [7, 11) is 0. The van der Waals surface area contributed by atoms with Gasteiger partial charge in [-0.15, -0.1) is 0 Å². The van der Waals surface area contributed by atoms with Crippen LogP contribution in [0, 0.1) is 35.5 Å². The Labute approximate surface area is 93.0 Å². The van der Waals surface area contributed by atoms with E-state index in [2.05, 4.69) is 12.2 Å². The minimum Gasteiger partial charge on any atom is -0.481 e. The Morgan fingerprint density at radius 1 is 1.00 bits per heavy atom. The zero-order valence-corrected chi connectivity index (χ0v) is 8.74. The van der Waals surface area contributed by atoms with E-state index < -0.39 is 23.8 Å². The van der Waals surface area contributed by atoms with Crippen molar-refractivity contribution in [2.75, 3.05) is 0 Å². The first-order valence-corrected chi connectivity index (χ1v) is 5.73. The SMILES string of the molecule is O=C(O)C1CC2C3C=CC(C3)C2C1C(=O)O. The molecule has 4 heteroatoms. The van der Waals surface area contributed by atoms with Gasteiger partial charge in [0.2, 0.25) is 0 Å². The molecule has 4 nitrogen and oxygen atoms in total. The number of fused-ring (bicyclic) bond motifs is 5. The second-order valence-electron chi connectivity index (χ2n) is 5.23. The Hall–Kier alpha value is -1.32. The number of allylic oxidation sites excluding steroid dienone is 2. The van der Waals surface area contributed by atoms with E-state index in [9.17, 15) is 14.7 Å². The van der Waals surface area contributed by atoms with Crippen molar-refractivity contribution in [3.8, 4) is 0 Å². The van der Waals surface area contributed by atoms with Crippen LogP contribution >= 0.6 is 0 Å². The van der Waals surface area contributed by atoms with Gasteiger partial charge < -0.3 is 10.2 Å². The van der Waals surface area contributed by atoms with Crippen LogP contribution in [0.2, 0.25) is 0 Å². The van der Waals surface area contributed by atoms with Crippen molar-refractivity contribution in [3.05, 3.63) is 12.2 Å². The highest BCUT2D eigenvalue weighted by Crippen LogP contribution is 2.59. The minimum absolute atomic E-state index is 0.0635. The number of hydrogen-bond donors (Lipinski definition) is 2. The first-order valence-electron chi connectivity index (χ1n) is 5.73. The first kappa shape index (κ1) is 9.87. The number of carboxylic acid groups (broad SMARTS) is 2. The number of rotatable bonds is 2. The quantitative estimate of drug-likeness (QED) is 0.689. The molecule has 2 bridgehead atoms. The standard InChI is InChI=1S/C12H14O4/c13-11(14)8-4-7-5-1-2-6(3-5)9(7)10(8)12(15)16/h1-2,5-10H,3-4H2,(H,13,14)(H,15,16). The summed E-state index contributed by atoms with van der Waals surface area (Å²) in [4.78, 5) is 22.3. The van der Waals surface area contributed by atoms with Crippen molar-refractivity contribution in [1.29, 1.82) is 0 Å². The summed E-state index contributed by atoms with van der Waals surface area (Å²) in [6.07, 6.45) is 5.81. The average molecular weight is 222 g/mol. The van der Waals surface area contributed by atoms with Crippen molar-refractivity contribution in [2.45, 2.75) is 12.8 Å². The van der Waals surface area contributed by atoms with Crippen LogP contribution < -0.4 is 0 Å². The molecule has 0 aromatic rings. The molecular formula is C12H14O4. The molecule has 16 heavy (non-hydrogen) atoms. The number of carboxylic acids is 2. The number of aliphatic carboxylic acids is 2. The zero-order valence-electron chi connectivity index (χ0n) is 8.74. The van der Waals surface area contributed by atoms with Crippen molar-refractivity contribution in [1.82, 2.24) is 0 Å². The third-order valence-electron chi connectivity index (χ3n) is 4.67. The zero-order chi connectivity index (χ0) is 11.4. The fourth-order valence-corrected chi connectivity index (χ4v) is 4.13. The van der Waals surface area contributed by atoms with Crippen LogP contribution in [0.5, 0.6) is 0 Å². The maximum atomic E-state index is 11.2.